The number of aromatic nitrogens is 1. The normalized spacial score (nSPS) is 12.4. The van der Waals surface area contributed by atoms with Crippen LogP contribution in [0, 0.1) is 13.8 Å². The molecule has 2 aromatic rings. The van der Waals surface area contributed by atoms with E-state index in [0.29, 0.717) is 0 Å². The number of carbonyl (C=O) groups excluding carboxylic acids is 1. The van der Waals surface area contributed by atoms with Crippen LogP contribution in [0.4, 0.5) is 0 Å². The van der Waals surface area contributed by atoms with E-state index in [-0.39, 0.29) is 6.04 Å². The monoisotopic (exact) mass is 241 g/mol. The van der Waals surface area contributed by atoms with Gasteiger partial charge in [0.25, 0.3) is 0 Å². The largest absolute Gasteiger partial charge is 0.337 e. The molecular formula is C16H19NO. The van der Waals surface area contributed by atoms with Crippen LogP contribution >= 0.6 is 0 Å². The lowest BCUT2D eigenvalue weighted by Gasteiger charge is -2.15. The lowest BCUT2D eigenvalue weighted by atomic mass is 10.1. The fraction of sp³-hybridized carbons (Fsp3) is 0.312. The van der Waals surface area contributed by atoms with Gasteiger partial charge in [-0.25, -0.2) is 0 Å². The van der Waals surface area contributed by atoms with Crippen molar-refractivity contribution in [1.29, 1.82) is 0 Å². The average Bonchev–Trinajstić information content (AvgIpc) is 2.68. The zero-order chi connectivity index (χ0) is 13.1. The molecule has 1 aromatic carbocycles. The van der Waals surface area contributed by atoms with E-state index in [1.54, 1.807) is 0 Å². The third-order valence-corrected chi connectivity index (χ3v) is 3.52. The first-order valence-corrected chi connectivity index (χ1v) is 6.37. The number of rotatable bonds is 4. The molecule has 0 saturated heterocycles. The second-order valence-corrected chi connectivity index (χ2v) is 4.67. The van der Waals surface area contributed by atoms with Gasteiger partial charge in [-0.2, -0.15) is 0 Å². The van der Waals surface area contributed by atoms with E-state index in [0.717, 1.165) is 18.4 Å². The topological polar surface area (TPSA) is 22.0 Å². The van der Waals surface area contributed by atoms with Gasteiger partial charge in [0, 0.05) is 6.20 Å². The Bertz CT molecular complexity index is 540. The van der Waals surface area contributed by atoms with Crippen molar-refractivity contribution in [3.05, 3.63) is 47.7 Å². The number of benzene rings is 1. The highest BCUT2D eigenvalue weighted by Gasteiger charge is 2.16. The molecule has 2 heteroatoms. The Morgan fingerprint density at radius 2 is 1.89 bits per heavy atom. The van der Waals surface area contributed by atoms with E-state index < -0.39 is 0 Å². The summed E-state index contributed by atoms with van der Waals surface area (Å²) in [5.41, 5.74) is 4.81. The lowest BCUT2D eigenvalue weighted by molar-refractivity contribution is -0.110. The maximum atomic E-state index is 11.2. The fourth-order valence-electron chi connectivity index (χ4n) is 2.33. The first-order valence-electron chi connectivity index (χ1n) is 6.37. The van der Waals surface area contributed by atoms with Crippen LogP contribution in [0.15, 0.2) is 36.5 Å². The van der Waals surface area contributed by atoms with Gasteiger partial charge in [0.05, 0.1) is 11.7 Å². The molecule has 0 spiro atoms. The molecule has 0 amide bonds. The predicted octanol–water partition coefficient (Wildman–Crippen LogP) is 3.92. The van der Waals surface area contributed by atoms with E-state index in [1.807, 2.05) is 25.1 Å². The van der Waals surface area contributed by atoms with Gasteiger partial charge in [-0.15, -0.1) is 0 Å². The van der Waals surface area contributed by atoms with Crippen LogP contribution in [0.3, 0.4) is 0 Å². The Labute approximate surface area is 108 Å². The summed E-state index contributed by atoms with van der Waals surface area (Å²) in [4.78, 5) is 11.2. The summed E-state index contributed by atoms with van der Waals surface area (Å²) in [5, 5.41) is 0. The van der Waals surface area contributed by atoms with Crippen LogP contribution in [0.5, 0.6) is 0 Å². The minimum Gasteiger partial charge on any atom is -0.337 e. The molecule has 1 unspecified atom stereocenters. The molecule has 2 nitrogen and oxygen atoms in total. The third kappa shape index (κ3) is 2.10. The molecule has 1 atom stereocenters. The molecule has 0 fully saturated rings. The van der Waals surface area contributed by atoms with Gasteiger partial charge in [-0.1, -0.05) is 37.3 Å². The molecule has 2 rings (SSSR count). The summed E-state index contributed by atoms with van der Waals surface area (Å²) in [6.07, 6.45) is 3.93. The predicted molar refractivity (Wildman–Crippen MR) is 74.7 cm³/mol. The zero-order valence-electron chi connectivity index (χ0n) is 11.2. The van der Waals surface area contributed by atoms with E-state index in [9.17, 15) is 4.79 Å². The van der Waals surface area contributed by atoms with Crippen LogP contribution in [-0.2, 0) is 4.79 Å². The number of hydrogen-bond acceptors (Lipinski definition) is 1. The van der Waals surface area contributed by atoms with Gasteiger partial charge >= 0.3 is 0 Å². The maximum absolute atomic E-state index is 11.2. The van der Waals surface area contributed by atoms with Crippen molar-refractivity contribution in [3.8, 4) is 11.3 Å². The van der Waals surface area contributed by atoms with E-state index in [2.05, 4.69) is 36.7 Å². The molecule has 0 aliphatic rings. The highest BCUT2D eigenvalue weighted by atomic mass is 16.1. The van der Waals surface area contributed by atoms with Gasteiger partial charge < -0.3 is 9.36 Å². The Balaban J connectivity index is 2.62. The number of nitrogens with zero attached hydrogens (tertiary/aromatic N) is 1. The van der Waals surface area contributed by atoms with Gasteiger partial charge in [0.2, 0.25) is 0 Å². The Hall–Kier alpha value is -1.83. The summed E-state index contributed by atoms with van der Waals surface area (Å²) in [6.45, 7) is 6.25. The third-order valence-electron chi connectivity index (χ3n) is 3.52. The van der Waals surface area contributed by atoms with Crippen LogP contribution in [-0.4, -0.2) is 10.9 Å². The molecule has 0 radical (unpaired) electrons. The number of carbonyl (C=O) groups is 1. The molecule has 1 heterocycles. The highest BCUT2D eigenvalue weighted by Crippen LogP contribution is 2.30. The zero-order valence-corrected chi connectivity index (χ0v) is 11.2. The summed E-state index contributed by atoms with van der Waals surface area (Å²) >= 11 is 0. The molecule has 0 N–H and O–H groups in total. The molecule has 0 aliphatic heterocycles. The van der Waals surface area contributed by atoms with Crippen molar-refractivity contribution in [3.63, 3.8) is 0 Å². The molecule has 1 aromatic heterocycles. The van der Waals surface area contributed by atoms with Gasteiger partial charge in [-0.05, 0) is 37.0 Å². The van der Waals surface area contributed by atoms with Gasteiger partial charge in [-0.3, -0.25) is 0 Å². The molecule has 0 aliphatic carbocycles. The molecule has 94 valence electrons. The van der Waals surface area contributed by atoms with Crippen molar-refractivity contribution < 1.29 is 4.79 Å². The van der Waals surface area contributed by atoms with E-state index >= 15 is 0 Å². The van der Waals surface area contributed by atoms with Crippen LogP contribution in [0.25, 0.3) is 11.3 Å². The lowest BCUT2D eigenvalue weighted by Crippen LogP contribution is -2.09. The highest BCUT2D eigenvalue weighted by molar-refractivity contribution is 5.68. The van der Waals surface area contributed by atoms with Crippen molar-refractivity contribution in [2.24, 2.45) is 0 Å². The second-order valence-electron chi connectivity index (χ2n) is 4.67. The summed E-state index contributed by atoms with van der Waals surface area (Å²) < 4.78 is 2.10. The number of hydrogen-bond donors (Lipinski definition) is 0. The van der Waals surface area contributed by atoms with Gasteiger partial charge in [0.1, 0.15) is 6.29 Å². The van der Waals surface area contributed by atoms with Crippen molar-refractivity contribution in [2.45, 2.75) is 33.2 Å². The van der Waals surface area contributed by atoms with Crippen LogP contribution < -0.4 is 0 Å². The number of aryl methyl sites for hydroxylation is 1. The van der Waals surface area contributed by atoms with Crippen molar-refractivity contribution in [2.75, 3.05) is 0 Å². The number of aldehydes is 1. The molecule has 0 saturated carbocycles. The minimum atomic E-state index is -0.0763. The van der Waals surface area contributed by atoms with Crippen molar-refractivity contribution in [1.82, 2.24) is 4.57 Å². The quantitative estimate of drug-likeness (QED) is 0.743. The first-order chi connectivity index (χ1) is 8.69. The average molecular weight is 241 g/mol. The second kappa shape index (κ2) is 5.21. The fourth-order valence-corrected chi connectivity index (χ4v) is 2.33. The SMILES string of the molecule is CCC(C=O)n1cc(C)c(C)c1-c1ccccc1. The molecule has 18 heavy (non-hydrogen) atoms. The van der Waals surface area contributed by atoms with E-state index in [1.165, 1.54) is 16.7 Å². The van der Waals surface area contributed by atoms with Crippen LogP contribution in [0.1, 0.15) is 30.5 Å². The summed E-state index contributed by atoms with van der Waals surface area (Å²) in [6, 6.07) is 10.2. The Kier molecular flexibility index (Phi) is 3.66. The van der Waals surface area contributed by atoms with Crippen molar-refractivity contribution >= 4 is 6.29 Å². The minimum absolute atomic E-state index is 0.0763. The molecule has 0 bridgehead atoms. The Morgan fingerprint density at radius 3 is 2.44 bits per heavy atom. The summed E-state index contributed by atoms with van der Waals surface area (Å²) in [5.74, 6) is 0. The standard InChI is InChI=1S/C16H19NO/c1-4-15(11-18)17-10-12(2)13(3)16(17)14-8-6-5-7-9-14/h5-11,15H,4H2,1-3H3. The first kappa shape index (κ1) is 12.6. The maximum Gasteiger partial charge on any atom is 0.142 e. The smallest absolute Gasteiger partial charge is 0.142 e. The van der Waals surface area contributed by atoms with Gasteiger partial charge in [0.15, 0.2) is 0 Å². The molecular weight excluding hydrogens is 222 g/mol. The summed E-state index contributed by atoms with van der Waals surface area (Å²) in [7, 11) is 0. The van der Waals surface area contributed by atoms with Crippen LogP contribution in [0.2, 0.25) is 0 Å². The van der Waals surface area contributed by atoms with E-state index in [4.69, 9.17) is 0 Å². The Morgan fingerprint density at radius 1 is 1.22 bits per heavy atom.